The molecule has 13 N–H and O–H groups in total. The first-order valence-electron chi connectivity index (χ1n) is 9.31. The van der Waals surface area contributed by atoms with Gasteiger partial charge >= 0.3 is 11.9 Å². The SMILES string of the molecule is NC(N)=NCCCC(NC(=O)C(N)CO)C(=O)NC(CC(=O)O)C(=O)NC(CO)C(=O)O. The van der Waals surface area contributed by atoms with E-state index in [0.29, 0.717) is 0 Å². The molecule has 16 heteroatoms. The number of rotatable bonds is 15. The van der Waals surface area contributed by atoms with Crippen LogP contribution in [0.5, 0.6) is 0 Å². The minimum absolute atomic E-state index is 0.0533. The number of carboxylic acid groups (broad SMARTS) is 2. The summed E-state index contributed by atoms with van der Waals surface area (Å²) in [6.07, 6.45) is -0.783. The zero-order chi connectivity index (χ0) is 24.8. The highest BCUT2D eigenvalue weighted by Crippen LogP contribution is 2.03. The third-order valence-electron chi connectivity index (χ3n) is 3.92. The van der Waals surface area contributed by atoms with E-state index in [2.05, 4.69) is 15.6 Å². The molecule has 3 amide bonds. The maximum Gasteiger partial charge on any atom is 0.328 e. The summed E-state index contributed by atoms with van der Waals surface area (Å²) >= 11 is 0. The van der Waals surface area contributed by atoms with Crippen LogP contribution < -0.4 is 33.2 Å². The van der Waals surface area contributed by atoms with Gasteiger partial charge < -0.3 is 53.6 Å². The van der Waals surface area contributed by atoms with Gasteiger partial charge in [-0.25, -0.2) is 4.79 Å². The Hall–Kier alpha value is -3.50. The maximum atomic E-state index is 12.7. The first-order valence-corrected chi connectivity index (χ1v) is 9.31. The number of nitrogens with two attached hydrogens (primary N) is 3. The van der Waals surface area contributed by atoms with Crippen LogP contribution in [0.3, 0.4) is 0 Å². The number of aliphatic imine (C=N–C) groups is 1. The van der Waals surface area contributed by atoms with Crippen molar-refractivity contribution < 1.29 is 44.4 Å². The molecule has 0 fully saturated rings. The minimum atomic E-state index is -1.73. The predicted octanol–water partition coefficient (Wildman–Crippen LogP) is -5.63. The normalized spacial score (nSPS) is 14.2. The largest absolute Gasteiger partial charge is 0.481 e. The Morgan fingerprint density at radius 2 is 1.34 bits per heavy atom. The summed E-state index contributed by atoms with van der Waals surface area (Å²) in [5.41, 5.74) is 15.8. The van der Waals surface area contributed by atoms with Crippen molar-refractivity contribution in [3.8, 4) is 0 Å². The van der Waals surface area contributed by atoms with Crippen molar-refractivity contribution in [2.75, 3.05) is 19.8 Å². The van der Waals surface area contributed by atoms with Gasteiger partial charge in [-0.3, -0.25) is 24.2 Å². The molecule has 0 aromatic carbocycles. The summed E-state index contributed by atoms with van der Waals surface area (Å²) in [6, 6.07) is -6.11. The van der Waals surface area contributed by atoms with Crippen molar-refractivity contribution in [2.24, 2.45) is 22.2 Å². The number of nitrogens with one attached hydrogen (secondary N) is 3. The van der Waals surface area contributed by atoms with Crippen LogP contribution in [0.15, 0.2) is 4.99 Å². The Labute approximate surface area is 182 Å². The van der Waals surface area contributed by atoms with Gasteiger partial charge in [-0.2, -0.15) is 0 Å². The highest BCUT2D eigenvalue weighted by Gasteiger charge is 2.31. The summed E-state index contributed by atoms with van der Waals surface area (Å²) in [5.74, 6) is -6.32. The molecule has 0 bridgehead atoms. The zero-order valence-electron chi connectivity index (χ0n) is 17.1. The van der Waals surface area contributed by atoms with E-state index in [4.69, 9.17) is 37.6 Å². The lowest BCUT2D eigenvalue weighted by Gasteiger charge is -2.24. The molecule has 0 radical (unpaired) electrons. The molecule has 4 atom stereocenters. The molecule has 0 aromatic rings. The third kappa shape index (κ3) is 11.0. The molecular formula is C16H29N7O9. The van der Waals surface area contributed by atoms with Gasteiger partial charge in [0, 0.05) is 6.54 Å². The lowest BCUT2D eigenvalue weighted by atomic mass is 10.1. The summed E-state index contributed by atoms with van der Waals surface area (Å²) < 4.78 is 0. The molecule has 4 unspecified atom stereocenters. The van der Waals surface area contributed by atoms with Gasteiger partial charge in [0.15, 0.2) is 5.96 Å². The number of amides is 3. The number of hydrogen-bond acceptors (Lipinski definition) is 9. The number of carbonyl (C=O) groups is 5. The maximum absolute atomic E-state index is 12.7. The van der Waals surface area contributed by atoms with E-state index >= 15 is 0 Å². The van der Waals surface area contributed by atoms with Gasteiger partial charge in [0.25, 0.3) is 0 Å². The monoisotopic (exact) mass is 463 g/mol. The van der Waals surface area contributed by atoms with Crippen LogP contribution in [0.25, 0.3) is 0 Å². The molecule has 0 aromatic heterocycles. The van der Waals surface area contributed by atoms with Crippen LogP contribution in [0.1, 0.15) is 19.3 Å². The second-order valence-corrected chi connectivity index (χ2v) is 6.54. The molecule has 182 valence electrons. The molecule has 32 heavy (non-hydrogen) atoms. The number of aliphatic carboxylic acids is 2. The Bertz CT molecular complexity index is 712. The fourth-order valence-electron chi connectivity index (χ4n) is 2.25. The highest BCUT2D eigenvalue weighted by atomic mass is 16.4. The van der Waals surface area contributed by atoms with Gasteiger partial charge in [-0.1, -0.05) is 0 Å². The van der Waals surface area contributed by atoms with Gasteiger partial charge in [0.05, 0.1) is 19.6 Å². The average Bonchev–Trinajstić information content (AvgIpc) is 2.71. The van der Waals surface area contributed by atoms with E-state index in [1.165, 1.54) is 0 Å². The van der Waals surface area contributed by atoms with E-state index in [9.17, 15) is 24.0 Å². The molecule has 0 heterocycles. The Morgan fingerprint density at radius 3 is 1.81 bits per heavy atom. The van der Waals surface area contributed by atoms with E-state index in [0.717, 1.165) is 0 Å². The number of aliphatic hydroxyl groups is 2. The molecule has 0 rings (SSSR count). The van der Waals surface area contributed by atoms with Crippen LogP contribution in [-0.2, 0) is 24.0 Å². The van der Waals surface area contributed by atoms with Crippen LogP contribution in [-0.4, -0.2) is 100.0 Å². The number of nitrogens with zero attached hydrogens (tertiary/aromatic N) is 1. The van der Waals surface area contributed by atoms with E-state index < -0.39 is 73.5 Å². The zero-order valence-corrected chi connectivity index (χ0v) is 17.1. The van der Waals surface area contributed by atoms with Gasteiger partial charge in [-0.05, 0) is 12.8 Å². The second-order valence-electron chi connectivity index (χ2n) is 6.54. The Balaban J connectivity index is 5.46. The van der Waals surface area contributed by atoms with Crippen molar-refractivity contribution in [3.63, 3.8) is 0 Å². The lowest BCUT2D eigenvalue weighted by molar-refractivity contribution is -0.144. The molecule has 0 saturated heterocycles. The minimum Gasteiger partial charge on any atom is -0.481 e. The topological polar surface area (TPSA) is 293 Å². The molecule has 0 aliphatic heterocycles. The Kier molecular flexibility index (Phi) is 12.9. The number of carbonyl (C=O) groups excluding carboxylic acids is 3. The highest BCUT2D eigenvalue weighted by molar-refractivity contribution is 5.95. The van der Waals surface area contributed by atoms with Crippen molar-refractivity contribution in [1.29, 1.82) is 0 Å². The fourth-order valence-corrected chi connectivity index (χ4v) is 2.25. The molecule has 0 aliphatic rings. The van der Waals surface area contributed by atoms with Crippen LogP contribution in [0, 0.1) is 0 Å². The van der Waals surface area contributed by atoms with Gasteiger partial charge in [-0.15, -0.1) is 0 Å². The van der Waals surface area contributed by atoms with Crippen molar-refractivity contribution in [2.45, 2.75) is 43.4 Å². The predicted molar refractivity (Wildman–Crippen MR) is 108 cm³/mol. The first-order chi connectivity index (χ1) is 14.9. The second kappa shape index (κ2) is 14.5. The van der Waals surface area contributed by atoms with Crippen molar-refractivity contribution >= 4 is 35.6 Å². The standard InChI is InChI=1S/C16H29N7O9/c17-7(5-24)12(28)21-8(2-1-3-20-16(18)19)13(29)22-9(4-11(26)27)14(30)23-10(6-25)15(31)32/h7-10,24-25H,1-6,17H2,(H,21,28)(H,22,29)(H,23,30)(H,26,27)(H,31,32)(H4,18,19,20). The van der Waals surface area contributed by atoms with Crippen molar-refractivity contribution in [1.82, 2.24) is 16.0 Å². The number of aliphatic hydroxyl groups excluding tert-OH is 2. The van der Waals surface area contributed by atoms with Crippen LogP contribution in [0.4, 0.5) is 0 Å². The molecular weight excluding hydrogens is 434 g/mol. The fraction of sp³-hybridized carbons (Fsp3) is 0.625. The quantitative estimate of drug-likeness (QED) is 0.0617. The molecule has 0 aliphatic carbocycles. The van der Waals surface area contributed by atoms with Crippen molar-refractivity contribution in [3.05, 3.63) is 0 Å². The van der Waals surface area contributed by atoms with Gasteiger partial charge in [0.2, 0.25) is 17.7 Å². The average molecular weight is 463 g/mol. The molecule has 0 saturated carbocycles. The number of carboxylic acids is 2. The molecule has 0 spiro atoms. The Morgan fingerprint density at radius 1 is 0.812 bits per heavy atom. The summed E-state index contributed by atoms with van der Waals surface area (Å²) in [5, 5.41) is 42.2. The summed E-state index contributed by atoms with van der Waals surface area (Å²) in [4.78, 5) is 62.7. The van der Waals surface area contributed by atoms with Gasteiger partial charge in [0.1, 0.15) is 24.2 Å². The summed E-state index contributed by atoms with van der Waals surface area (Å²) in [7, 11) is 0. The number of hydrogen-bond donors (Lipinski definition) is 10. The first kappa shape index (κ1) is 28.5. The van der Waals surface area contributed by atoms with Crippen LogP contribution in [0.2, 0.25) is 0 Å². The lowest BCUT2D eigenvalue weighted by Crippen LogP contribution is -2.58. The third-order valence-corrected chi connectivity index (χ3v) is 3.92. The number of guanidine groups is 1. The summed E-state index contributed by atoms with van der Waals surface area (Å²) in [6.45, 7) is -1.60. The molecule has 16 nitrogen and oxygen atoms in total. The van der Waals surface area contributed by atoms with E-state index in [1.54, 1.807) is 0 Å². The van der Waals surface area contributed by atoms with E-state index in [-0.39, 0.29) is 25.3 Å². The van der Waals surface area contributed by atoms with Crippen LogP contribution >= 0.6 is 0 Å². The van der Waals surface area contributed by atoms with E-state index in [1.807, 2.05) is 5.32 Å². The smallest absolute Gasteiger partial charge is 0.328 e.